The van der Waals surface area contributed by atoms with E-state index in [4.69, 9.17) is 0 Å². The van der Waals surface area contributed by atoms with Crippen molar-refractivity contribution < 1.29 is 9.90 Å². The maximum Gasteiger partial charge on any atom is 0.305 e. The van der Waals surface area contributed by atoms with Crippen molar-refractivity contribution in [1.82, 2.24) is 9.88 Å². The summed E-state index contributed by atoms with van der Waals surface area (Å²) in [6.45, 7) is 6.29. The van der Waals surface area contributed by atoms with Crippen LogP contribution >= 0.6 is 11.3 Å². The summed E-state index contributed by atoms with van der Waals surface area (Å²) < 4.78 is 0. The summed E-state index contributed by atoms with van der Waals surface area (Å²) in [5.74, 6) is -0.692. The molecule has 0 amide bonds. The van der Waals surface area contributed by atoms with Crippen LogP contribution in [0.4, 0.5) is 0 Å². The summed E-state index contributed by atoms with van der Waals surface area (Å²) in [4.78, 5) is 19.6. The molecule has 1 aliphatic rings. The molecule has 1 heterocycles. The maximum absolute atomic E-state index is 11.4. The highest BCUT2D eigenvalue weighted by Gasteiger charge is 2.40. The van der Waals surface area contributed by atoms with Crippen LogP contribution < -0.4 is 0 Å². The minimum atomic E-state index is -0.692. The lowest BCUT2D eigenvalue weighted by molar-refractivity contribution is -0.141. The molecule has 1 N–H and O–H groups in total. The number of thiazole rings is 1. The molecule has 118 valence electrons. The number of nitrogens with zero attached hydrogens (tertiary/aromatic N) is 2. The standard InChI is InChI=1S/C16H26N2O2S/c1-11(15-12(2)21-13(3)17-15)18(4)16(10-14(19)20)8-6-5-7-9-16/h11H,5-10H2,1-4H3,(H,19,20). The molecule has 0 saturated heterocycles. The summed E-state index contributed by atoms with van der Waals surface area (Å²) in [6.07, 6.45) is 5.65. The molecule has 1 aliphatic carbocycles. The van der Waals surface area contributed by atoms with E-state index in [1.165, 1.54) is 11.3 Å². The first-order valence-corrected chi connectivity index (χ1v) is 8.56. The maximum atomic E-state index is 11.4. The lowest BCUT2D eigenvalue weighted by Crippen LogP contribution is -2.50. The second-order valence-corrected chi connectivity index (χ2v) is 7.72. The summed E-state index contributed by atoms with van der Waals surface area (Å²) in [5, 5.41) is 10.4. The second kappa shape index (κ2) is 6.44. The number of aromatic nitrogens is 1. The van der Waals surface area contributed by atoms with Gasteiger partial charge in [-0.15, -0.1) is 11.3 Å². The molecule has 1 fully saturated rings. The highest BCUT2D eigenvalue weighted by atomic mass is 32.1. The Bertz CT molecular complexity index is 506. The van der Waals surface area contributed by atoms with Crippen LogP contribution in [0.25, 0.3) is 0 Å². The molecule has 1 aromatic rings. The summed E-state index contributed by atoms with van der Waals surface area (Å²) >= 11 is 1.72. The van der Waals surface area contributed by atoms with Crippen molar-refractivity contribution in [1.29, 1.82) is 0 Å². The van der Waals surface area contributed by atoms with E-state index in [1.807, 2.05) is 6.92 Å². The molecule has 1 saturated carbocycles. The normalized spacial score (nSPS) is 19.7. The van der Waals surface area contributed by atoms with Gasteiger partial charge in [-0.2, -0.15) is 0 Å². The first kappa shape index (κ1) is 16.4. The van der Waals surface area contributed by atoms with Crippen molar-refractivity contribution in [2.45, 2.75) is 70.9 Å². The molecule has 0 aromatic carbocycles. The molecule has 4 nitrogen and oxygen atoms in total. The van der Waals surface area contributed by atoms with Crippen LogP contribution in [0.1, 0.15) is 67.1 Å². The van der Waals surface area contributed by atoms with Gasteiger partial charge < -0.3 is 5.11 Å². The first-order valence-electron chi connectivity index (χ1n) is 7.74. The van der Waals surface area contributed by atoms with E-state index in [0.29, 0.717) is 0 Å². The van der Waals surface area contributed by atoms with E-state index >= 15 is 0 Å². The predicted octanol–water partition coefficient (Wildman–Crippen LogP) is 3.93. The number of carbonyl (C=O) groups is 1. The van der Waals surface area contributed by atoms with Crippen molar-refractivity contribution in [3.63, 3.8) is 0 Å². The topological polar surface area (TPSA) is 53.4 Å². The van der Waals surface area contributed by atoms with Gasteiger partial charge in [0, 0.05) is 10.4 Å². The lowest BCUT2D eigenvalue weighted by atomic mass is 9.77. The van der Waals surface area contributed by atoms with Crippen molar-refractivity contribution in [3.8, 4) is 0 Å². The number of aliphatic carboxylic acids is 1. The molecule has 1 atom stereocenters. The molecule has 0 spiro atoms. The predicted molar refractivity (Wildman–Crippen MR) is 85.8 cm³/mol. The number of hydrogen-bond acceptors (Lipinski definition) is 4. The number of rotatable bonds is 5. The smallest absolute Gasteiger partial charge is 0.305 e. The number of aryl methyl sites for hydroxylation is 2. The van der Waals surface area contributed by atoms with Crippen molar-refractivity contribution >= 4 is 17.3 Å². The summed E-state index contributed by atoms with van der Waals surface area (Å²) in [7, 11) is 2.08. The van der Waals surface area contributed by atoms with Crippen LogP contribution in [0.5, 0.6) is 0 Å². The largest absolute Gasteiger partial charge is 0.481 e. The highest BCUT2D eigenvalue weighted by molar-refractivity contribution is 7.11. The number of hydrogen-bond donors (Lipinski definition) is 1. The fourth-order valence-electron chi connectivity index (χ4n) is 3.67. The third-order valence-corrected chi connectivity index (χ3v) is 5.83. The highest BCUT2D eigenvalue weighted by Crippen LogP contribution is 2.40. The summed E-state index contributed by atoms with van der Waals surface area (Å²) in [6, 6.07) is 0.160. The monoisotopic (exact) mass is 310 g/mol. The Hall–Kier alpha value is -0.940. The molecule has 0 radical (unpaired) electrons. The van der Waals surface area contributed by atoms with E-state index in [0.717, 1.165) is 36.4 Å². The SMILES string of the molecule is Cc1nc(C(C)N(C)C2(CC(=O)O)CCCCC2)c(C)s1. The van der Waals surface area contributed by atoms with Crippen LogP contribution in [0.3, 0.4) is 0 Å². The Balaban J connectivity index is 2.26. The van der Waals surface area contributed by atoms with Crippen LogP contribution in [-0.4, -0.2) is 33.5 Å². The van der Waals surface area contributed by atoms with Gasteiger partial charge in [-0.1, -0.05) is 19.3 Å². The van der Waals surface area contributed by atoms with Crippen molar-refractivity contribution in [3.05, 3.63) is 15.6 Å². The average Bonchev–Trinajstić information content (AvgIpc) is 2.76. The molecule has 1 aromatic heterocycles. The van der Waals surface area contributed by atoms with E-state index in [2.05, 4.69) is 30.8 Å². The number of carboxylic acids is 1. The molecular weight excluding hydrogens is 284 g/mol. The van der Waals surface area contributed by atoms with Crippen LogP contribution in [0.2, 0.25) is 0 Å². The zero-order valence-electron chi connectivity index (χ0n) is 13.5. The van der Waals surface area contributed by atoms with Gasteiger partial charge in [0.1, 0.15) is 0 Å². The first-order chi connectivity index (χ1) is 9.85. The third kappa shape index (κ3) is 3.46. The molecular formula is C16H26N2O2S. The van der Waals surface area contributed by atoms with Crippen LogP contribution in [-0.2, 0) is 4.79 Å². The van der Waals surface area contributed by atoms with Crippen LogP contribution in [0.15, 0.2) is 0 Å². The van der Waals surface area contributed by atoms with Gasteiger partial charge in [-0.25, -0.2) is 4.98 Å². The molecule has 0 bridgehead atoms. The minimum Gasteiger partial charge on any atom is -0.481 e. The van der Waals surface area contributed by atoms with Gasteiger partial charge in [0.05, 0.1) is 23.2 Å². The van der Waals surface area contributed by atoms with Gasteiger partial charge in [0.2, 0.25) is 0 Å². The Morgan fingerprint density at radius 3 is 2.48 bits per heavy atom. The van der Waals surface area contributed by atoms with E-state index < -0.39 is 5.97 Å². The van der Waals surface area contributed by atoms with Crippen LogP contribution in [0, 0.1) is 13.8 Å². The van der Waals surface area contributed by atoms with E-state index in [-0.39, 0.29) is 18.0 Å². The third-order valence-electron chi connectivity index (χ3n) is 4.93. The van der Waals surface area contributed by atoms with Crippen molar-refractivity contribution in [2.24, 2.45) is 0 Å². The van der Waals surface area contributed by atoms with E-state index in [9.17, 15) is 9.90 Å². The Labute approximate surface area is 131 Å². The zero-order valence-corrected chi connectivity index (χ0v) is 14.3. The molecule has 0 aliphatic heterocycles. The summed E-state index contributed by atoms with van der Waals surface area (Å²) in [5.41, 5.74) is 0.892. The van der Waals surface area contributed by atoms with Gasteiger partial charge in [0.25, 0.3) is 0 Å². The molecule has 1 unspecified atom stereocenters. The molecule has 5 heteroatoms. The Morgan fingerprint density at radius 2 is 2.00 bits per heavy atom. The van der Waals surface area contributed by atoms with Gasteiger partial charge >= 0.3 is 5.97 Å². The quantitative estimate of drug-likeness (QED) is 0.895. The molecule has 2 rings (SSSR count). The van der Waals surface area contributed by atoms with Gasteiger partial charge in [0.15, 0.2) is 0 Å². The van der Waals surface area contributed by atoms with Gasteiger partial charge in [-0.3, -0.25) is 9.69 Å². The lowest BCUT2D eigenvalue weighted by Gasteiger charge is -2.46. The fraction of sp³-hybridized carbons (Fsp3) is 0.750. The fourth-order valence-corrected chi connectivity index (χ4v) is 4.58. The average molecular weight is 310 g/mol. The minimum absolute atomic E-state index is 0.160. The number of carboxylic acid groups (broad SMARTS) is 1. The zero-order chi connectivity index (χ0) is 15.6. The Kier molecular flexibility index (Phi) is 5.04. The van der Waals surface area contributed by atoms with E-state index in [1.54, 1.807) is 11.3 Å². The molecule has 21 heavy (non-hydrogen) atoms. The Morgan fingerprint density at radius 1 is 1.38 bits per heavy atom. The van der Waals surface area contributed by atoms with Gasteiger partial charge in [-0.05, 0) is 40.7 Å². The van der Waals surface area contributed by atoms with Crippen molar-refractivity contribution in [2.75, 3.05) is 7.05 Å². The second-order valence-electron chi connectivity index (χ2n) is 6.32.